The second-order valence-electron chi connectivity index (χ2n) is 14.9. The zero-order chi connectivity index (χ0) is 38.9. The summed E-state index contributed by atoms with van der Waals surface area (Å²) in [5.74, 6) is 0. The highest BCUT2D eigenvalue weighted by atomic mass is 32.1. The van der Waals surface area contributed by atoms with Crippen molar-refractivity contribution in [1.82, 2.24) is 4.57 Å². The predicted molar refractivity (Wildman–Crippen MR) is 256 cm³/mol. The molecule has 5 heteroatoms. The van der Waals surface area contributed by atoms with Gasteiger partial charge in [-0.2, -0.15) is 0 Å². The molecular formula is C54H35N3S2. The van der Waals surface area contributed by atoms with Crippen molar-refractivity contribution in [3.8, 4) is 5.69 Å². The Bertz CT molecular complexity index is 3510. The predicted octanol–water partition coefficient (Wildman–Crippen LogP) is 16.5. The average molecular weight is 790 g/mol. The van der Waals surface area contributed by atoms with Crippen molar-refractivity contribution < 1.29 is 0 Å². The quantitative estimate of drug-likeness (QED) is 0.159. The molecule has 59 heavy (non-hydrogen) atoms. The van der Waals surface area contributed by atoms with Crippen LogP contribution in [0.3, 0.4) is 0 Å². The zero-order valence-electron chi connectivity index (χ0n) is 31.9. The Morgan fingerprint density at radius 1 is 0.305 bits per heavy atom. The van der Waals surface area contributed by atoms with E-state index in [1.165, 1.54) is 51.1 Å². The molecule has 0 fully saturated rings. The Labute approximate surface area is 349 Å². The van der Waals surface area contributed by atoms with Crippen LogP contribution in [0.15, 0.2) is 212 Å². The van der Waals surface area contributed by atoms with E-state index in [0.717, 1.165) is 50.8 Å². The summed E-state index contributed by atoms with van der Waals surface area (Å²) in [6, 6.07) is 77.5. The Hall–Kier alpha value is -7.18. The first-order valence-electron chi connectivity index (χ1n) is 19.9. The Balaban J connectivity index is 1.19. The standard InChI is InChI=1S/C54H35N3S2/c1-4-16-36(17-5-1)55(39-28-30-44-42-22-11-14-26-50(42)58-52(44)34-39)41-32-48(54-46-24-10-13-25-47(46)57(49(54)33-41)38-20-8-3-9-21-38)56(37-18-6-2-7-19-37)40-29-31-45-43-23-12-15-27-51(43)59-53(45)35-40/h1-35H. The molecule has 0 saturated carbocycles. The maximum atomic E-state index is 2.47. The number of hydrogen-bond donors (Lipinski definition) is 0. The van der Waals surface area contributed by atoms with Crippen LogP contribution < -0.4 is 9.80 Å². The van der Waals surface area contributed by atoms with E-state index in [1.807, 2.05) is 22.7 Å². The molecule has 12 rings (SSSR count). The van der Waals surface area contributed by atoms with Crippen molar-refractivity contribution in [3.05, 3.63) is 212 Å². The van der Waals surface area contributed by atoms with Gasteiger partial charge in [-0.3, -0.25) is 0 Å². The van der Waals surface area contributed by atoms with E-state index in [9.17, 15) is 0 Å². The molecule has 3 nitrogen and oxygen atoms in total. The summed E-state index contributed by atoms with van der Waals surface area (Å²) < 4.78 is 7.58. The lowest BCUT2D eigenvalue weighted by atomic mass is 10.0. The molecule has 12 aromatic rings. The van der Waals surface area contributed by atoms with Crippen molar-refractivity contribution in [2.24, 2.45) is 0 Å². The third-order valence-electron chi connectivity index (χ3n) is 11.5. The third kappa shape index (κ3) is 5.54. The highest BCUT2D eigenvalue weighted by Gasteiger charge is 2.25. The van der Waals surface area contributed by atoms with Gasteiger partial charge in [0.1, 0.15) is 0 Å². The molecule has 0 aliphatic rings. The van der Waals surface area contributed by atoms with Crippen LogP contribution in [-0.4, -0.2) is 4.57 Å². The van der Waals surface area contributed by atoms with E-state index in [-0.39, 0.29) is 0 Å². The van der Waals surface area contributed by atoms with Gasteiger partial charge in [-0.05, 0) is 91.0 Å². The van der Waals surface area contributed by atoms with Crippen LogP contribution in [0, 0.1) is 0 Å². The molecule has 0 spiro atoms. The second-order valence-corrected chi connectivity index (χ2v) is 17.1. The van der Waals surface area contributed by atoms with Crippen molar-refractivity contribution >= 4 is 119 Å². The summed E-state index contributed by atoms with van der Waals surface area (Å²) >= 11 is 3.71. The van der Waals surface area contributed by atoms with Crippen LogP contribution in [0.1, 0.15) is 0 Å². The molecule has 0 saturated heterocycles. The monoisotopic (exact) mass is 789 g/mol. The summed E-state index contributed by atoms with van der Waals surface area (Å²) in [7, 11) is 0. The molecule has 3 heterocycles. The first kappa shape index (κ1) is 33.9. The number of aromatic nitrogens is 1. The van der Waals surface area contributed by atoms with Crippen LogP contribution in [0.4, 0.5) is 34.1 Å². The van der Waals surface area contributed by atoms with Gasteiger partial charge in [0.05, 0.1) is 22.4 Å². The molecule has 278 valence electrons. The summed E-state index contributed by atoms with van der Waals surface area (Å²) in [6.07, 6.45) is 0. The number of para-hydroxylation sites is 4. The molecule has 0 aliphatic heterocycles. The Morgan fingerprint density at radius 3 is 1.39 bits per heavy atom. The van der Waals surface area contributed by atoms with Crippen LogP contribution in [0.2, 0.25) is 0 Å². The molecule has 9 aromatic carbocycles. The van der Waals surface area contributed by atoms with E-state index in [0.29, 0.717) is 0 Å². The average Bonchev–Trinajstić information content (AvgIpc) is 3.97. The van der Waals surface area contributed by atoms with Crippen LogP contribution in [0.25, 0.3) is 67.8 Å². The normalized spacial score (nSPS) is 11.7. The maximum absolute atomic E-state index is 2.47. The molecule has 0 aliphatic carbocycles. The van der Waals surface area contributed by atoms with Gasteiger partial charge >= 0.3 is 0 Å². The first-order chi connectivity index (χ1) is 29.3. The van der Waals surface area contributed by atoms with Crippen LogP contribution >= 0.6 is 22.7 Å². The largest absolute Gasteiger partial charge is 0.310 e. The smallest absolute Gasteiger partial charge is 0.0583 e. The van der Waals surface area contributed by atoms with Gasteiger partial charge in [-0.25, -0.2) is 0 Å². The topological polar surface area (TPSA) is 11.4 Å². The lowest BCUT2D eigenvalue weighted by Crippen LogP contribution is -2.14. The van der Waals surface area contributed by atoms with E-state index in [1.54, 1.807) is 0 Å². The van der Waals surface area contributed by atoms with E-state index < -0.39 is 0 Å². The summed E-state index contributed by atoms with van der Waals surface area (Å²) in [5.41, 5.74) is 10.0. The fourth-order valence-corrected chi connectivity index (χ4v) is 11.2. The lowest BCUT2D eigenvalue weighted by molar-refractivity contribution is 1.17. The third-order valence-corrected chi connectivity index (χ3v) is 13.8. The van der Waals surface area contributed by atoms with Crippen molar-refractivity contribution in [1.29, 1.82) is 0 Å². The minimum absolute atomic E-state index is 1.07. The number of rotatable bonds is 7. The van der Waals surface area contributed by atoms with Gasteiger partial charge < -0.3 is 14.4 Å². The van der Waals surface area contributed by atoms with Gasteiger partial charge in [0.15, 0.2) is 0 Å². The number of hydrogen-bond acceptors (Lipinski definition) is 4. The highest BCUT2D eigenvalue weighted by Crippen LogP contribution is 2.49. The molecule has 0 atom stereocenters. The molecule has 0 amide bonds. The Morgan fingerprint density at radius 2 is 0.780 bits per heavy atom. The first-order valence-corrected chi connectivity index (χ1v) is 21.6. The fraction of sp³-hybridized carbons (Fsp3) is 0. The summed E-state index contributed by atoms with van der Waals surface area (Å²) in [6.45, 7) is 0. The number of nitrogens with zero attached hydrogens (tertiary/aromatic N) is 3. The van der Waals surface area contributed by atoms with Crippen molar-refractivity contribution in [3.63, 3.8) is 0 Å². The molecule has 0 N–H and O–H groups in total. The van der Waals surface area contributed by atoms with E-state index in [4.69, 9.17) is 0 Å². The van der Waals surface area contributed by atoms with Gasteiger partial charge in [0.2, 0.25) is 0 Å². The van der Waals surface area contributed by atoms with Crippen LogP contribution in [-0.2, 0) is 0 Å². The lowest BCUT2D eigenvalue weighted by Gasteiger charge is -2.30. The molecule has 0 bridgehead atoms. The van der Waals surface area contributed by atoms with Crippen molar-refractivity contribution in [2.45, 2.75) is 0 Å². The zero-order valence-corrected chi connectivity index (χ0v) is 33.5. The second kappa shape index (κ2) is 13.7. The molecule has 0 radical (unpaired) electrons. The van der Waals surface area contributed by atoms with E-state index >= 15 is 0 Å². The van der Waals surface area contributed by atoms with Gasteiger partial charge in [-0.15, -0.1) is 22.7 Å². The fourth-order valence-electron chi connectivity index (χ4n) is 8.96. The Kier molecular flexibility index (Phi) is 7.90. The number of anilines is 6. The summed E-state index contributed by atoms with van der Waals surface area (Å²) in [5, 5.41) is 7.57. The molecule has 0 unspecified atom stereocenters. The van der Waals surface area contributed by atoms with Crippen molar-refractivity contribution in [2.75, 3.05) is 9.80 Å². The van der Waals surface area contributed by atoms with Gasteiger partial charge in [0, 0.05) is 79.6 Å². The SMILES string of the molecule is c1ccc(N(c2ccc3c(c2)sc2ccccc23)c2cc(N(c3ccccc3)c3ccc4c(c3)sc3ccccc34)c3c4ccccc4n(-c4ccccc4)c3c2)cc1. The minimum Gasteiger partial charge on any atom is -0.310 e. The number of fused-ring (bicyclic) bond motifs is 9. The van der Waals surface area contributed by atoms with Crippen LogP contribution in [0.5, 0.6) is 0 Å². The van der Waals surface area contributed by atoms with Gasteiger partial charge in [-0.1, -0.05) is 121 Å². The number of thiophene rings is 2. The molecule has 3 aromatic heterocycles. The summed E-state index contributed by atoms with van der Waals surface area (Å²) in [4.78, 5) is 4.90. The molecular weight excluding hydrogens is 755 g/mol. The van der Waals surface area contributed by atoms with E-state index in [2.05, 4.69) is 227 Å². The highest BCUT2D eigenvalue weighted by molar-refractivity contribution is 7.26. The number of benzene rings is 9. The maximum Gasteiger partial charge on any atom is 0.0583 e. The van der Waals surface area contributed by atoms with Gasteiger partial charge in [0.25, 0.3) is 0 Å². The minimum atomic E-state index is 1.07.